The predicted molar refractivity (Wildman–Crippen MR) is 90.4 cm³/mol. The fraction of sp³-hybridized carbons (Fsp3) is 0.500. The molecule has 0 unspecified atom stereocenters. The first-order valence-electron chi connectivity index (χ1n) is 6.68. The summed E-state index contributed by atoms with van der Waals surface area (Å²) in [5.74, 6) is 0.0811. The average Bonchev–Trinajstić information content (AvgIpc) is 2.43. The molecule has 0 aliphatic rings. The topological polar surface area (TPSA) is 66.6 Å². The number of hydrogen-bond acceptors (Lipinski definition) is 5. The Kier molecular flexibility index (Phi) is 6.73. The standard InChI is InChI=1S/C14H23N3O2S2/c1-16(2)7-8-17(3)9-10-21(18,19)13-6-4-5-12(11-13)14(15)20/h4-6,11H,7-10H2,1-3H3,(H2,15,20). The molecular weight excluding hydrogens is 306 g/mol. The van der Waals surface area contributed by atoms with Crippen molar-refractivity contribution in [3.05, 3.63) is 29.8 Å². The number of nitrogens with two attached hydrogens (primary N) is 1. The van der Waals surface area contributed by atoms with Crippen molar-refractivity contribution in [2.24, 2.45) is 5.73 Å². The molecule has 118 valence electrons. The van der Waals surface area contributed by atoms with Gasteiger partial charge in [0, 0.05) is 25.2 Å². The van der Waals surface area contributed by atoms with Gasteiger partial charge in [-0.1, -0.05) is 24.4 Å². The van der Waals surface area contributed by atoms with Gasteiger partial charge < -0.3 is 15.5 Å². The summed E-state index contributed by atoms with van der Waals surface area (Å²) < 4.78 is 24.7. The summed E-state index contributed by atoms with van der Waals surface area (Å²) in [5, 5.41) is 0. The Balaban J connectivity index is 2.69. The molecule has 0 aliphatic carbocycles. The highest BCUT2D eigenvalue weighted by Gasteiger charge is 2.16. The van der Waals surface area contributed by atoms with Gasteiger partial charge in [0.1, 0.15) is 4.99 Å². The van der Waals surface area contributed by atoms with E-state index >= 15 is 0 Å². The molecule has 0 amide bonds. The predicted octanol–water partition coefficient (Wildman–Crippen LogP) is 0.588. The van der Waals surface area contributed by atoms with Gasteiger partial charge in [-0.25, -0.2) is 8.42 Å². The fourth-order valence-electron chi connectivity index (χ4n) is 1.72. The maximum Gasteiger partial charge on any atom is 0.179 e. The number of benzene rings is 1. The van der Waals surface area contributed by atoms with E-state index in [-0.39, 0.29) is 15.6 Å². The number of rotatable bonds is 8. The van der Waals surface area contributed by atoms with Crippen molar-refractivity contribution in [1.29, 1.82) is 0 Å². The van der Waals surface area contributed by atoms with Gasteiger partial charge in [-0.2, -0.15) is 0 Å². The molecule has 0 aromatic heterocycles. The normalized spacial score (nSPS) is 12.0. The zero-order chi connectivity index (χ0) is 16.0. The Bertz CT molecular complexity index is 586. The maximum absolute atomic E-state index is 12.3. The van der Waals surface area contributed by atoms with Crippen molar-refractivity contribution < 1.29 is 8.42 Å². The van der Waals surface area contributed by atoms with Crippen molar-refractivity contribution >= 4 is 27.0 Å². The Morgan fingerprint density at radius 3 is 2.43 bits per heavy atom. The summed E-state index contributed by atoms with van der Waals surface area (Å²) in [6, 6.07) is 6.50. The van der Waals surface area contributed by atoms with Crippen LogP contribution in [-0.2, 0) is 9.84 Å². The van der Waals surface area contributed by atoms with Gasteiger partial charge in [-0.15, -0.1) is 0 Å². The second-order valence-electron chi connectivity index (χ2n) is 5.32. The van der Waals surface area contributed by atoms with Gasteiger partial charge in [-0.3, -0.25) is 0 Å². The van der Waals surface area contributed by atoms with E-state index in [0.717, 1.165) is 13.1 Å². The van der Waals surface area contributed by atoms with Crippen LogP contribution >= 0.6 is 12.2 Å². The molecule has 0 fully saturated rings. The molecule has 2 N–H and O–H groups in total. The van der Waals surface area contributed by atoms with Gasteiger partial charge >= 0.3 is 0 Å². The van der Waals surface area contributed by atoms with E-state index in [1.54, 1.807) is 18.2 Å². The Morgan fingerprint density at radius 2 is 1.86 bits per heavy atom. The van der Waals surface area contributed by atoms with E-state index in [1.165, 1.54) is 6.07 Å². The molecule has 7 heteroatoms. The van der Waals surface area contributed by atoms with Crippen LogP contribution in [-0.4, -0.2) is 69.7 Å². The lowest BCUT2D eigenvalue weighted by Crippen LogP contribution is -2.32. The van der Waals surface area contributed by atoms with Crippen molar-refractivity contribution in [2.45, 2.75) is 4.90 Å². The molecule has 0 heterocycles. The summed E-state index contributed by atoms with van der Waals surface area (Å²) in [7, 11) is 2.58. The Hall–Kier alpha value is -1.02. The molecule has 0 saturated carbocycles. The number of thiocarbonyl (C=S) groups is 1. The van der Waals surface area contributed by atoms with Crippen LogP contribution in [0.3, 0.4) is 0 Å². The van der Waals surface area contributed by atoms with Crippen molar-refractivity contribution in [1.82, 2.24) is 9.80 Å². The van der Waals surface area contributed by atoms with E-state index in [9.17, 15) is 8.42 Å². The third kappa shape index (κ3) is 6.09. The summed E-state index contributed by atoms with van der Waals surface area (Å²) in [6.45, 7) is 2.22. The van der Waals surface area contributed by atoms with Crippen LogP contribution in [0.15, 0.2) is 29.2 Å². The van der Waals surface area contributed by atoms with Crippen LogP contribution in [0.2, 0.25) is 0 Å². The second-order valence-corrected chi connectivity index (χ2v) is 7.87. The van der Waals surface area contributed by atoms with E-state index < -0.39 is 9.84 Å². The van der Waals surface area contributed by atoms with Crippen LogP contribution in [0.25, 0.3) is 0 Å². The number of hydrogen-bond donors (Lipinski definition) is 1. The molecule has 0 atom stereocenters. The highest BCUT2D eigenvalue weighted by atomic mass is 32.2. The molecule has 0 radical (unpaired) electrons. The van der Waals surface area contributed by atoms with E-state index in [0.29, 0.717) is 12.1 Å². The van der Waals surface area contributed by atoms with Crippen molar-refractivity contribution in [3.63, 3.8) is 0 Å². The summed E-state index contributed by atoms with van der Waals surface area (Å²) in [4.78, 5) is 4.55. The van der Waals surface area contributed by atoms with E-state index in [1.807, 2.05) is 26.0 Å². The minimum Gasteiger partial charge on any atom is -0.389 e. The SMILES string of the molecule is CN(C)CCN(C)CCS(=O)(=O)c1cccc(C(N)=S)c1. The highest BCUT2D eigenvalue weighted by Crippen LogP contribution is 2.13. The first kappa shape index (κ1) is 18.0. The van der Waals surface area contributed by atoms with E-state index in [2.05, 4.69) is 4.90 Å². The van der Waals surface area contributed by atoms with Gasteiger partial charge in [0.25, 0.3) is 0 Å². The van der Waals surface area contributed by atoms with Gasteiger partial charge in [0.15, 0.2) is 9.84 Å². The molecule has 0 saturated heterocycles. The van der Waals surface area contributed by atoms with Gasteiger partial charge in [0.2, 0.25) is 0 Å². The summed E-state index contributed by atoms with van der Waals surface area (Å²) in [5.41, 5.74) is 6.12. The maximum atomic E-state index is 12.3. The van der Waals surface area contributed by atoms with Crippen LogP contribution in [0.5, 0.6) is 0 Å². The first-order chi connectivity index (χ1) is 9.72. The van der Waals surface area contributed by atoms with Gasteiger partial charge in [0.05, 0.1) is 10.6 Å². The quantitative estimate of drug-likeness (QED) is 0.704. The van der Waals surface area contributed by atoms with Crippen molar-refractivity contribution in [2.75, 3.05) is 46.5 Å². The summed E-state index contributed by atoms with van der Waals surface area (Å²) in [6.07, 6.45) is 0. The largest absolute Gasteiger partial charge is 0.389 e. The van der Waals surface area contributed by atoms with Crippen LogP contribution in [0.1, 0.15) is 5.56 Å². The van der Waals surface area contributed by atoms with Gasteiger partial charge in [-0.05, 0) is 33.3 Å². The third-order valence-corrected chi connectivity index (χ3v) is 5.08. The lowest BCUT2D eigenvalue weighted by Gasteiger charge is -2.19. The fourth-order valence-corrected chi connectivity index (χ4v) is 3.23. The van der Waals surface area contributed by atoms with E-state index in [4.69, 9.17) is 18.0 Å². The number of nitrogens with zero attached hydrogens (tertiary/aromatic N) is 2. The second kappa shape index (κ2) is 7.84. The molecule has 0 bridgehead atoms. The summed E-state index contributed by atoms with van der Waals surface area (Å²) >= 11 is 4.88. The third-order valence-electron chi connectivity index (χ3n) is 3.15. The lowest BCUT2D eigenvalue weighted by molar-refractivity contribution is 0.293. The Labute approximate surface area is 132 Å². The molecule has 21 heavy (non-hydrogen) atoms. The molecular formula is C14H23N3O2S2. The van der Waals surface area contributed by atoms with Crippen molar-refractivity contribution in [3.8, 4) is 0 Å². The smallest absolute Gasteiger partial charge is 0.179 e. The molecule has 0 aliphatic heterocycles. The highest BCUT2D eigenvalue weighted by molar-refractivity contribution is 7.91. The Morgan fingerprint density at radius 1 is 1.19 bits per heavy atom. The van der Waals surface area contributed by atoms with Crippen LogP contribution in [0, 0.1) is 0 Å². The number of likely N-dealkylation sites (N-methyl/N-ethyl adjacent to an activating group) is 2. The lowest BCUT2D eigenvalue weighted by atomic mass is 10.2. The molecule has 5 nitrogen and oxygen atoms in total. The zero-order valence-electron chi connectivity index (χ0n) is 12.7. The van der Waals surface area contributed by atoms with Crippen LogP contribution < -0.4 is 5.73 Å². The minimum absolute atomic E-state index is 0.0811. The zero-order valence-corrected chi connectivity index (χ0v) is 14.4. The molecule has 0 spiro atoms. The number of sulfone groups is 1. The minimum atomic E-state index is -3.32. The average molecular weight is 329 g/mol. The molecule has 1 aromatic rings. The monoisotopic (exact) mass is 329 g/mol. The molecule has 1 rings (SSSR count). The first-order valence-corrected chi connectivity index (χ1v) is 8.74. The molecule has 1 aromatic carbocycles. The van der Waals surface area contributed by atoms with Crippen LogP contribution in [0.4, 0.5) is 0 Å².